The second-order valence-electron chi connectivity index (χ2n) is 4.71. The lowest BCUT2D eigenvalue weighted by Gasteiger charge is -2.17. The minimum atomic E-state index is 0.842. The fourth-order valence-electron chi connectivity index (χ4n) is 2.47. The summed E-state index contributed by atoms with van der Waals surface area (Å²) in [5, 5.41) is 3.53. The largest absolute Gasteiger partial charge is 0.374 e. The van der Waals surface area contributed by atoms with Gasteiger partial charge in [0.15, 0.2) is 0 Å². The van der Waals surface area contributed by atoms with Gasteiger partial charge in [-0.15, -0.1) is 0 Å². The first-order chi connectivity index (χ1) is 7.38. The van der Waals surface area contributed by atoms with E-state index in [2.05, 4.69) is 22.1 Å². The van der Waals surface area contributed by atoms with E-state index in [0.29, 0.717) is 0 Å². The van der Waals surface area contributed by atoms with E-state index in [1.165, 1.54) is 51.2 Å². The summed E-state index contributed by atoms with van der Waals surface area (Å²) < 4.78 is 0. The third-order valence-electron chi connectivity index (χ3n) is 3.54. The van der Waals surface area contributed by atoms with Gasteiger partial charge < -0.3 is 10.2 Å². The quantitative estimate of drug-likeness (QED) is 0.763. The van der Waals surface area contributed by atoms with Gasteiger partial charge in [-0.1, -0.05) is 6.92 Å². The number of hydrogen-bond donors (Lipinski definition) is 1. The first-order valence-electron chi connectivity index (χ1n) is 6.38. The van der Waals surface area contributed by atoms with Gasteiger partial charge >= 0.3 is 0 Å². The average Bonchev–Trinajstić information content (AvgIpc) is 2.76. The van der Waals surface area contributed by atoms with Crippen LogP contribution in [0.15, 0.2) is 4.99 Å². The molecule has 1 fully saturated rings. The summed E-state index contributed by atoms with van der Waals surface area (Å²) in [5.41, 5.74) is 0. The molecule has 2 aliphatic rings. The molecule has 1 atom stereocenters. The lowest BCUT2D eigenvalue weighted by molar-refractivity contribution is 0.342. The topological polar surface area (TPSA) is 27.6 Å². The van der Waals surface area contributed by atoms with Gasteiger partial charge in [0.1, 0.15) is 0 Å². The monoisotopic (exact) mass is 209 g/mol. The number of nitrogens with one attached hydrogen (secondary N) is 1. The van der Waals surface area contributed by atoms with Crippen LogP contribution in [0, 0.1) is 5.92 Å². The van der Waals surface area contributed by atoms with Crippen molar-refractivity contribution in [2.24, 2.45) is 10.9 Å². The molecule has 0 aromatic heterocycles. The van der Waals surface area contributed by atoms with Crippen LogP contribution < -0.4 is 5.32 Å². The highest BCUT2D eigenvalue weighted by Gasteiger charge is 2.21. The molecule has 0 radical (unpaired) electrons. The first-order valence-corrected chi connectivity index (χ1v) is 6.38. The minimum absolute atomic E-state index is 0.842. The van der Waals surface area contributed by atoms with Gasteiger partial charge in [0.25, 0.3) is 0 Å². The van der Waals surface area contributed by atoms with Crippen LogP contribution in [0.3, 0.4) is 0 Å². The number of likely N-dealkylation sites (tertiary alicyclic amines) is 1. The summed E-state index contributed by atoms with van der Waals surface area (Å²) in [5.74, 6) is 2.10. The Balaban J connectivity index is 1.67. The highest BCUT2D eigenvalue weighted by molar-refractivity contribution is 5.82. The number of nitrogens with zero attached hydrogens (tertiary/aromatic N) is 2. The van der Waals surface area contributed by atoms with Crippen molar-refractivity contribution in [2.45, 2.75) is 32.6 Å². The molecule has 0 amide bonds. The molecule has 1 N–H and O–H groups in total. The van der Waals surface area contributed by atoms with Crippen molar-refractivity contribution in [1.29, 1.82) is 0 Å². The molecule has 2 aliphatic heterocycles. The van der Waals surface area contributed by atoms with Crippen LogP contribution >= 0.6 is 0 Å². The zero-order chi connectivity index (χ0) is 10.5. The van der Waals surface area contributed by atoms with Crippen LogP contribution in [0.25, 0.3) is 0 Å². The fourth-order valence-corrected chi connectivity index (χ4v) is 2.47. The summed E-state index contributed by atoms with van der Waals surface area (Å²) in [6.07, 6.45) is 5.12. The molecule has 2 rings (SSSR count). The fraction of sp³-hybridized carbons (Fsp3) is 0.917. The molecule has 1 saturated heterocycles. The Morgan fingerprint density at radius 2 is 2.40 bits per heavy atom. The van der Waals surface area contributed by atoms with Crippen LogP contribution in [0.1, 0.15) is 32.6 Å². The predicted molar refractivity (Wildman–Crippen MR) is 64.4 cm³/mol. The lowest BCUT2D eigenvalue weighted by Crippen LogP contribution is -2.32. The first kappa shape index (κ1) is 10.9. The second kappa shape index (κ2) is 5.50. The second-order valence-corrected chi connectivity index (χ2v) is 4.71. The summed E-state index contributed by atoms with van der Waals surface area (Å²) in [6.45, 7) is 8.19. The molecule has 0 saturated carbocycles. The Labute approximate surface area is 92.9 Å². The van der Waals surface area contributed by atoms with E-state index in [-0.39, 0.29) is 0 Å². The summed E-state index contributed by atoms with van der Waals surface area (Å²) >= 11 is 0. The summed E-state index contributed by atoms with van der Waals surface area (Å²) in [6, 6.07) is 0. The smallest absolute Gasteiger partial charge is 0.0963 e. The van der Waals surface area contributed by atoms with Gasteiger partial charge in [0, 0.05) is 26.1 Å². The number of amidine groups is 1. The number of rotatable bonds is 3. The van der Waals surface area contributed by atoms with Gasteiger partial charge in [-0.25, -0.2) is 0 Å². The Kier molecular flexibility index (Phi) is 4.01. The molecule has 0 aromatic carbocycles. The molecule has 0 bridgehead atoms. The van der Waals surface area contributed by atoms with Crippen molar-refractivity contribution in [3.8, 4) is 0 Å². The van der Waals surface area contributed by atoms with Crippen LogP contribution in [0.5, 0.6) is 0 Å². The van der Waals surface area contributed by atoms with Crippen molar-refractivity contribution in [2.75, 3.05) is 32.7 Å². The summed E-state index contributed by atoms with van der Waals surface area (Å²) in [7, 11) is 0. The molecular weight excluding hydrogens is 186 g/mol. The van der Waals surface area contributed by atoms with Crippen LogP contribution in [0.2, 0.25) is 0 Å². The number of hydrogen-bond acceptors (Lipinski definition) is 3. The van der Waals surface area contributed by atoms with Crippen molar-refractivity contribution < 1.29 is 0 Å². The van der Waals surface area contributed by atoms with Crippen molar-refractivity contribution in [3.63, 3.8) is 0 Å². The molecule has 0 aromatic rings. The van der Waals surface area contributed by atoms with Crippen LogP contribution in [-0.2, 0) is 0 Å². The highest BCUT2D eigenvalue weighted by atomic mass is 15.1. The maximum absolute atomic E-state index is 4.52. The van der Waals surface area contributed by atoms with E-state index >= 15 is 0 Å². The minimum Gasteiger partial charge on any atom is -0.374 e. The molecular formula is C12H23N3. The third kappa shape index (κ3) is 3.20. The van der Waals surface area contributed by atoms with E-state index in [1.807, 2.05) is 0 Å². The molecule has 0 aliphatic carbocycles. The molecule has 86 valence electrons. The van der Waals surface area contributed by atoms with E-state index in [0.717, 1.165) is 19.0 Å². The van der Waals surface area contributed by atoms with E-state index in [9.17, 15) is 0 Å². The van der Waals surface area contributed by atoms with Crippen LogP contribution in [0.4, 0.5) is 0 Å². The van der Waals surface area contributed by atoms with Gasteiger partial charge in [-0.2, -0.15) is 0 Å². The Morgan fingerprint density at radius 3 is 3.07 bits per heavy atom. The molecule has 15 heavy (non-hydrogen) atoms. The Bertz CT molecular complexity index is 225. The van der Waals surface area contributed by atoms with Gasteiger partial charge in [-0.05, 0) is 38.3 Å². The molecule has 3 heteroatoms. The van der Waals surface area contributed by atoms with Crippen molar-refractivity contribution in [3.05, 3.63) is 0 Å². The summed E-state index contributed by atoms with van der Waals surface area (Å²) in [4.78, 5) is 7.06. The van der Waals surface area contributed by atoms with E-state index in [1.54, 1.807) is 0 Å². The van der Waals surface area contributed by atoms with Gasteiger partial charge in [-0.3, -0.25) is 4.99 Å². The van der Waals surface area contributed by atoms with E-state index in [4.69, 9.17) is 0 Å². The van der Waals surface area contributed by atoms with Crippen LogP contribution in [-0.4, -0.2) is 43.5 Å². The zero-order valence-corrected chi connectivity index (χ0v) is 9.84. The normalized spacial score (nSPS) is 27.8. The maximum Gasteiger partial charge on any atom is 0.0963 e. The zero-order valence-electron chi connectivity index (χ0n) is 9.84. The number of aliphatic imine (C=N–C) groups is 1. The van der Waals surface area contributed by atoms with Crippen molar-refractivity contribution in [1.82, 2.24) is 10.2 Å². The Morgan fingerprint density at radius 1 is 1.47 bits per heavy atom. The highest BCUT2D eigenvalue weighted by Crippen LogP contribution is 2.15. The van der Waals surface area contributed by atoms with Gasteiger partial charge in [0.05, 0.1) is 5.84 Å². The van der Waals surface area contributed by atoms with Crippen molar-refractivity contribution >= 4 is 5.84 Å². The Hall–Kier alpha value is -0.570. The molecule has 2 heterocycles. The third-order valence-corrected chi connectivity index (χ3v) is 3.54. The lowest BCUT2D eigenvalue weighted by atomic mass is 10.1. The predicted octanol–water partition coefficient (Wildman–Crippen LogP) is 1.50. The molecule has 0 spiro atoms. The average molecular weight is 209 g/mol. The maximum atomic E-state index is 4.52. The molecule has 1 unspecified atom stereocenters. The SMILES string of the molecule is CCN1CCC(CNC2=NCCCC2)C1. The standard InChI is InChI=1S/C12H23N3/c1-2-15-8-6-11(10-15)9-14-12-5-3-4-7-13-12/h11H,2-10H2,1H3,(H,13,14). The van der Waals surface area contributed by atoms with Gasteiger partial charge in [0.2, 0.25) is 0 Å². The molecule has 3 nitrogen and oxygen atoms in total. The van der Waals surface area contributed by atoms with E-state index < -0.39 is 0 Å².